The first-order valence-electron chi connectivity index (χ1n) is 6.36. The third-order valence-electron chi connectivity index (χ3n) is 2.36. The lowest BCUT2D eigenvalue weighted by molar-refractivity contribution is -0.148. The number of carbonyl (C=O) groups is 3. The normalized spacial score (nSPS) is 13.4. The van der Waals surface area contributed by atoms with Crippen LogP contribution in [-0.4, -0.2) is 41.6 Å². The van der Waals surface area contributed by atoms with E-state index >= 15 is 0 Å². The van der Waals surface area contributed by atoms with Crippen LogP contribution in [0.2, 0.25) is 0 Å². The van der Waals surface area contributed by atoms with Crippen molar-refractivity contribution in [1.82, 2.24) is 5.32 Å². The molecule has 0 heterocycles. The molecule has 0 aliphatic carbocycles. The van der Waals surface area contributed by atoms with Crippen molar-refractivity contribution in [2.75, 3.05) is 6.61 Å². The lowest BCUT2D eigenvalue weighted by Crippen LogP contribution is -2.49. The summed E-state index contributed by atoms with van der Waals surface area (Å²) < 4.78 is 4.96. The lowest BCUT2D eigenvalue weighted by atomic mass is 10.1. The predicted octanol–water partition coefficient (Wildman–Crippen LogP) is 0.0265. The second kappa shape index (κ2) is 9.32. The highest BCUT2D eigenvalue weighted by molar-refractivity contribution is 5.89. The van der Waals surface area contributed by atoms with Gasteiger partial charge in [-0.25, -0.2) is 4.79 Å². The van der Waals surface area contributed by atoms with Crippen molar-refractivity contribution >= 4 is 17.8 Å². The van der Waals surface area contributed by atoms with E-state index in [4.69, 9.17) is 15.6 Å². The molecule has 0 spiro atoms. The number of amides is 1. The predicted molar refractivity (Wildman–Crippen MR) is 68.3 cm³/mol. The molecule has 7 heteroatoms. The Kier molecular flexibility index (Phi) is 8.52. The van der Waals surface area contributed by atoms with Gasteiger partial charge in [0.05, 0.1) is 19.1 Å². The zero-order valence-corrected chi connectivity index (χ0v) is 11.3. The molecule has 0 bridgehead atoms. The van der Waals surface area contributed by atoms with Crippen molar-refractivity contribution in [2.24, 2.45) is 5.73 Å². The van der Waals surface area contributed by atoms with Gasteiger partial charge >= 0.3 is 11.9 Å². The number of nitrogens with two attached hydrogens (primary N) is 1. The maximum absolute atomic E-state index is 11.7. The van der Waals surface area contributed by atoms with Gasteiger partial charge in [0, 0.05) is 0 Å². The topological polar surface area (TPSA) is 119 Å². The zero-order chi connectivity index (χ0) is 14.8. The molecule has 0 aliphatic rings. The van der Waals surface area contributed by atoms with Crippen LogP contribution < -0.4 is 11.1 Å². The molecule has 4 N–H and O–H groups in total. The molecule has 0 saturated carbocycles. The van der Waals surface area contributed by atoms with Crippen LogP contribution in [0.25, 0.3) is 0 Å². The number of rotatable bonds is 9. The van der Waals surface area contributed by atoms with Crippen molar-refractivity contribution < 1.29 is 24.2 Å². The molecule has 110 valence electrons. The molecular weight excluding hydrogens is 252 g/mol. The Balaban J connectivity index is 4.43. The summed E-state index contributed by atoms with van der Waals surface area (Å²) in [6, 6.07) is -1.94. The summed E-state index contributed by atoms with van der Waals surface area (Å²) >= 11 is 0. The Morgan fingerprint density at radius 1 is 1.26 bits per heavy atom. The smallest absolute Gasteiger partial charge is 0.328 e. The third-order valence-corrected chi connectivity index (χ3v) is 2.36. The summed E-state index contributed by atoms with van der Waals surface area (Å²) in [6.07, 6.45) is 1.32. The molecule has 1 amide bonds. The Labute approximate surface area is 112 Å². The van der Waals surface area contributed by atoms with Gasteiger partial charge in [-0.1, -0.05) is 20.3 Å². The second-order valence-corrected chi connectivity index (χ2v) is 4.22. The summed E-state index contributed by atoms with van der Waals surface area (Å²) in [5.41, 5.74) is 5.42. The molecule has 0 aliphatic heterocycles. The summed E-state index contributed by atoms with van der Waals surface area (Å²) in [5, 5.41) is 11.0. The minimum absolute atomic E-state index is 0.288. The molecule has 0 fully saturated rings. The highest BCUT2D eigenvalue weighted by atomic mass is 16.5. The average molecular weight is 274 g/mol. The number of esters is 1. The number of ether oxygens (including phenoxy) is 1. The first-order chi connectivity index (χ1) is 8.92. The van der Waals surface area contributed by atoms with Crippen LogP contribution >= 0.6 is 0 Å². The molecule has 2 atom stereocenters. The van der Waals surface area contributed by atoms with E-state index < -0.39 is 36.4 Å². The average Bonchev–Trinajstić information content (AvgIpc) is 2.34. The number of carboxylic acids is 1. The van der Waals surface area contributed by atoms with E-state index in [0.717, 1.165) is 0 Å². The Morgan fingerprint density at radius 3 is 2.37 bits per heavy atom. The number of carbonyl (C=O) groups excluding carboxylic acids is 2. The minimum Gasteiger partial charge on any atom is -0.481 e. The van der Waals surface area contributed by atoms with Crippen LogP contribution in [-0.2, 0) is 19.1 Å². The number of hydrogen-bond donors (Lipinski definition) is 3. The fraction of sp³-hybridized carbons (Fsp3) is 0.750. The molecule has 0 rings (SSSR count). The van der Waals surface area contributed by atoms with Crippen LogP contribution in [0.4, 0.5) is 0 Å². The fourth-order valence-electron chi connectivity index (χ4n) is 1.40. The van der Waals surface area contributed by atoms with Crippen LogP contribution in [0.1, 0.15) is 39.5 Å². The SMILES string of the molecule is CCCOC(=O)[C@H](CCC)NC(=O)[C@@H](N)CC(=O)O. The standard InChI is InChI=1S/C12H22N2O5/c1-3-5-9(12(18)19-6-4-2)14-11(17)8(13)7-10(15)16/h8-9H,3-7,13H2,1-2H3,(H,14,17)(H,15,16)/t8-,9-/m0/s1. The van der Waals surface area contributed by atoms with E-state index in [1.54, 1.807) is 0 Å². The van der Waals surface area contributed by atoms with E-state index in [0.29, 0.717) is 19.3 Å². The van der Waals surface area contributed by atoms with E-state index in [-0.39, 0.29) is 6.61 Å². The van der Waals surface area contributed by atoms with Crippen LogP contribution in [0, 0.1) is 0 Å². The van der Waals surface area contributed by atoms with Gasteiger partial charge in [-0.3, -0.25) is 9.59 Å². The highest BCUT2D eigenvalue weighted by Crippen LogP contribution is 2.01. The number of aliphatic carboxylic acids is 1. The van der Waals surface area contributed by atoms with Crippen molar-refractivity contribution in [1.29, 1.82) is 0 Å². The van der Waals surface area contributed by atoms with Gasteiger partial charge < -0.3 is 20.9 Å². The molecule has 19 heavy (non-hydrogen) atoms. The van der Waals surface area contributed by atoms with Crippen molar-refractivity contribution in [2.45, 2.75) is 51.6 Å². The number of nitrogens with one attached hydrogen (secondary N) is 1. The Hall–Kier alpha value is -1.63. The quantitative estimate of drug-likeness (QED) is 0.510. The van der Waals surface area contributed by atoms with Gasteiger partial charge in [0.15, 0.2) is 0 Å². The van der Waals surface area contributed by atoms with Gasteiger partial charge in [-0.15, -0.1) is 0 Å². The molecular formula is C12H22N2O5. The van der Waals surface area contributed by atoms with Crippen molar-refractivity contribution in [3.8, 4) is 0 Å². The molecule has 7 nitrogen and oxygen atoms in total. The molecule has 0 aromatic carbocycles. The summed E-state index contributed by atoms with van der Waals surface area (Å²) in [5.74, 6) is -2.34. The number of carboxylic acid groups (broad SMARTS) is 1. The second-order valence-electron chi connectivity index (χ2n) is 4.22. The molecule has 0 radical (unpaired) electrons. The van der Waals surface area contributed by atoms with Gasteiger partial charge in [0.2, 0.25) is 5.91 Å². The van der Waals surface area contributed by atoms with Gasteiger partial charge in [-0.05, 0) is 12.8 Å². The highest BCUT2D eigenvalue weighted by Gasteiger charge is 2.25. The van der Waals surface area contributed by atoms with E-state index in [2.05, 4.69) is 5.32 Å². The molecule has 0 aromatic heterocycles. The first kappa shape index (κ1) is 17.4. The largest absolute Gasteiger partial charge is 0.481 e. The Bertz CT molecular complexity index is 319. The molecule has 0 aromatic rings. The summed E-state index contributed by atoms with van der Waals surface area (Å²) in [6.45, 7) is 4.02. The van der Waals surface area contributed by atoms with Crippen LogP contribution in [0.15, 0.2) is 0 Å². The molecule has 0 unspecified atom stereocenters. The van der Waals surface area contributed by atoms with E-state index in [1.165, 1.54) is 0 Å². The van der Waals surface area contributed by atoms with Crippen LogP contribution in [0.3, 0.4) is 0 Å². The van der Waals surface area contributed by atoms with Crippen molar-refractivity contribution in [3.63, 3.8) is 0 Å². The fourth-order valence-corrected chi connectivity index (χ4v) is 1.40. The maximum Gasteiger partial charge on any atom is 0.328 e. The minimum atomic E-state index is -1.17. The summed E-state index contributed by atoms with van der Waals surface area (Å²) in [4.78, 5) is 33.8. The van der Waals surface area contributed by atoms with E-state index in [1.807, 2.05) is 13.8 Å². The first-order valence-corrected chi connectivity index (χ1v) is 6.36. The summed E-state index contributed by atoms with van der Waals surface area (Å²) in [7, 11) is 0. The van der Waals surface area contributed by atoms with Crippen molar-refractivity contribution in [3.05, 3.63) is 0 Å². The maximum atomic E-state index is 11.7. The van der Waals surface area contributed by atoms with Gasteiger partial charge in [0.1, 0.15) is 6.04 Å². The lowest BCUT2D eigenvalue weighted by Gasteiger charge is -2.18. The third kappa shape index (κ3) is 7.40. The zero-order valence-electron chi connectivity index (χ0n) is 11.3. The Morgan fingerprint density at radius 2 is 1.89 bits per heavy atom. The van der Waals surface area contributed by atoms with Crippen LogP contribution in [0.5, 0.6) is 0 Å². The van der Waals surface area contributed by atoms with Gasteiger partial charge in [0.25, 0.3) is 0 Å². The van der Waals surface area contributed by atoms with Gasteiger partial charge in [-0.2, -0.15) is 0 Å². The van der Waals surface area contributed by atoms with E-state index in [9.17, 15) is 14.4 Å². The monoisotopic (exact) mass is 274 g/mol. The number of hydrogen-bond acceptors (Lipinski definition) is 5. The molecule has 0 saturated heterocycles.